The van der Waals surface area contributed by atoms with Gasteiger partial charge in [0.05, 0.1) is 12.7 Å². The third kappa shape index (κ3) is 1.92. The first-order valence-corrected chi connectivity index (χ1v) is 5.61. The molecule has 0 unspecified atom stereocenters. The molecule has 3 aromatic rings. The molecule has 0 saturated heterocycles. The fraction of sp³-hybridized carbons (Fsp3) is 0.182. The second-order valence-electron chi connectivity index (χ2n) is 4.15. The Labute approximate surface area is 107 Å². The van der Waals surface area contributed by atoms with Gasteiger partial charge < -0.3 is 5.73 Å². The molecule has 0 aliphatic carbocycles. The van der Waals surface area contributed by atoms with E-state index >= 15 is 0 Å². The Morgan fingerprint density at radius 2 is 2.26 bits per heavy atom. The van der Waals surface area contributed by atoms with Crippen molar-refractivity contribution in [3.05, 3.63) is 40.4 Å². The van der Waals surface area contributed by atoms with Crippen LogP contribution >= 0.6 is 0 Å². The van der Waals surface area contributed by atoms with Crippen molar-refractivity contribution in [2.75, 3.05) is 5.73 Å². The summed E-state index contributed by atoms with van der Waals surface area (Å²) >= 11 is 0. The fourth-order valence-electron chi connectivity index (χ4n) is 1.85. The lowest BCUT2D eigenvalue weighted by Gasteiger charge is -2.04. The van der Waals surface area contributed by atoms with Crippen molar-refractivity contribution in [1.29, 1.82) is 0 Å². The highest BCUT2D eigenvalue weighted by Gasteiger charge is 2.09. The molecule has 8 nitrogen and oxygen atoms in total. The number of hydrogen-bond acceptors (Lipinski definition) is 6. The van der Waals surface area contributed by atoms with Gasteiger partial charge in [0.15, 0.2) is 5.65 Å². The summed E-state index contributed by atoms with van der Waals surface area (Å²) in [5, 5.41) is 12.3. The zero-order valence-corrected chi connectivity index (χ0v) is 10.2. The molecule has 0 fully saturated rings. The van der Waals surface area contributed by atoms with Gasteiger partial charge in [-0.25, -0.2) is 14.3 Å². The summed E-state index contributed by atoms with van der Waals surface area (Å²) in [5.74, 6) is 0.404. The summed E-state index contributed by atoms with van der Waals surface area (Å²) in [4.78, 5) is 16.1. The van der Waals surface area contributed by atoms with E-state index in [-0.39, 0.29) is 5.56 Å². The lowest BCUT2D eigenvalue weighted by atomic mass is 10.2. The highest BCUT2D eigenvalue weighted by molar-refractivity contribution is 5.72. The normalized spacial score (nSPS) is 11.0. The van der Waals surface area contributed by atoms with Gasteiger partial charge in [-0.2, -0.15) is 5.10 Å². The lowest BCUT2D eigenvalue weighted by Crippen LogP contribution is -2.24. The topological polar surface area (TPSA) is 105 Å². The number of rotatable bonds is 2. The molecule has 3 heterocycles. The van der Waals surface area contributed by atoms with E-state index in [9.17, 15) is 4.79 Å². The maximum atomic E-state index is 12.2. The van der Waals surface area contributed by atoms with Crippen LogP contribution in [0.4, 0.5) is 5.82 Å². The summed E-state index contributed by atoms with van der Waals surface area (Å²) in [6, 6.07) is 3.47. The number of pyridine rings is 1. The Kier molecular flexibility index (Phi) is 2.48. The molecule has 96 valence electrons. The van der Waals surface area contributed by atoms with E-state index in [0.717, 1.165) is 5.56 Å². The number of nitrogen functional groups attached to an aromatic ring is 1. The number of aromatic nitrogens is 6. The number of nitrogens with two attached hydrogens (primary N) is 1. The number of fused-ring (bicyclic) bond motifs is 1. The molecule has 0 aliphatic rings. The summed E-state index contributed by atoms with van der Waals surface area (Å²) in [6.07, 6.45) is 3.08. The molecular weight excluding hydrogens is 246 g/mol. The van der Waals surface area contributed by atoms with Crippen LogP contribution in [0.25, 0.3) is 11.0 Å². The lowest BCUT2D eigenvalue weighted by molar-refractivity contribution is 0.595. The van der Waals surface area contributed by atoms with Gasteiger partial charge in [0.25, 0.3) is 5.56 Å². The maximum Gasteiger partial charge on any atom is 0.281 e. The van der Waals surface area contributed by atoms with Crippen molar-refractivity contribution in [3.63, 3.8) is 0 Å². The Hall–Kier alpha value is -2.77. The van der Waals surface area contributed by atoms with E-state index in [1.807, 2.05) is 0 Å². The average Bonchev–Trinajstić information content (AvgIpc) is 2.76. The Morgan fingerprint density at radius 1 is 1.42 bits per heavy atom. The van der Waals surface area contributed by atoms with Crippen molar-refractivity contribution in [3.8, 4) is 0 Å². The van der Waals surface area contributed by atoms with E-state index in [1.54, 1.807) is 25.4 Å². The molecule has 2 N–H and O–H groups in total. The number of nitrogens with zero attached hydrogens (tertiary/aromatic N) is 6. The molecule has 8 heteroatoms. The molecule has 0 radical (unpaired) electrons. The first-order valence-electron chi connectivity index (χ1n) is 5.61. The molecule has 3 rings (SSSR count). The molecule has 0 saturated carbocycles. The van der Waals surface area contributed by atoms with Gasteiger partial charge in [0, 0.05) is 13.2 Å². The Morgan fingerprint density at radius 3 is 3.05 bits per heavy atom. The van der Waals surface area contributed by atoms with Crippen LogP contribution in [0.15, 0.2) is 29.3 Å². The zero-order chi connectivity index (χ0) is 13.4. The van der Waals surface area contributed by atoms with Gasteiger partial charge in [-0.3, -0.25) is 4.79 Å². The highest BCUT2D eigenvalue weighted by Crippen LogP contribution is 2.05. The monoisotopic (exact) mass is 257 g/mol. The second-order valence-corrected chi connectivity index (χ2v) is 4.15. The zero-order valence-electron chi connectivity index (χ0n) is 10.2. The first-order chi connectivity index (χ1) is 9.15. The van der Waals surface area contributed by atoms with Crippen LogP contribution in [0.3, 0.4) is 0 Å². The van der Waals surface area contributed by atoms with Crippen molar-refractivity contribution < 1.29 is 0 Å². The maximum absolute atomic E-state index is 12.2. The van der Waals surface area contributed by atoms with Crippen molar-refractivity contribution in [2.45, 2.75) is 6.54 Å². The molecular formula is C11H11N7O. The molecule has 0 amide bonds. The molecule has 19 heavy (non-hydrogen) atoms. The first kappa shape index (κ1) is 11.3. The minimum absolute atomic E-state index is 0.228. The second kappa shape index (κ2) is 4.16. The summed E-state index contributed by atoms with van der Waals surface area (Å²) in [6.45, 7) is 0.295. The number of hydrogen-bond donors (Lipinski definition) is 1. The van der Waals surface area contributed by atoms with Crippen LogP contribution in [0, 0.1) is 0 Å². The highest BCUT2D eigenvalue weighted by atomic mass is 16.1. The predicted octanol–water partition coefficient (Wildman–Crippen LogP) is -0.450. The standard InChI is InChI=1S/C11H11N7O/c1-17-10-8(5-14-17)11(19)18(16-15-10)6-7-2-3-13-9(12)4-7/h2-5H,6H2,1H3,(H2,12,13). The van der Waals surface area contributed by atoms with Gasteiger partial charge in [0.1, 0.15) is 11.2 Å². The molecule has 0 spiro atoms. The minimum atomic E-state index is -0.228. The van der Waals surface area contributed by atoms with Crippen LogP contribution in [-0.4, -0.2) is 29.8 Å². The SMILES string of the molecule is Cn1ncc2c(=O)n(Cc3ccnc(N)c3)nnc21. The van der Waals surface area contributed by atoms with E-state index in [0.29, 0.717) is 23.4 Å². The summed E-state index contributed by atoms with van der Waals surface area (Å²) < 4.78 is 2.79. The van der Waals surface area contributed by atoms with Crippen molar-refractivity contribution >= 4 is 16.9 Å². The smallest absolute Gasteiger partial charge is 0.281 e. The molecule has 3 aromatic heterocycles. The van der Waals surface area contributed by atoms with E-state index < -0.39 is 0 Å². The van der Waals surface area contributed by atoms with Gasteiger partial charge in [-0.1, -0.05) is 5.21 Å². The van der Waals surface area contributed by atoms with Crippen LogP contribution in [0.2, 0.25) is 0 Å². The molecule has 0 atom stereocenters. The van der Waals surface area contributed by atoms with Gasteiger partial charge in [-0.05, 0) is 17.7 Å². The summed E-state index contributed by atoms with van der Waals surface area (Å²) in [7, 11) is 1.71. The largest absolute Gasteiger partial charge is 0.384 e. The van der Waals surface area contributed by atoms with E-state index in [2.05, 4.69) is 20.4 Å². The molecule has 0 aromatic carbocycles. The van der Waals surface area contributed by atoms with Crippen LogP contribution in [0.5, 0.6) is 0 Å². The average molecular weight is 257 g/mol. The Balaban J connectivity index is 2.06. The number of aryl methyl sites for hydroxylation is 1. The van der Waals surface area contributed by atoms with Gasteiger partial charge >= 0.3 is 0 Å². The van der Waals surface area contributed by atoms with Crippen LogP contribution in [0.1, 0.15) is 5.56 Å². The minimum Gasteiger partial charge on any atom is -0.384 e. The third-order valence-electron chi connectivity index (χ3n) is 2.80. The third-order valence-corrected chi connectivity index (χ3v) is 2.80. The predicted molar refractivity (Wildman–Crippen MR) is 68.3 cm³/mol. The summed E-state index contributed by atoms with van der Waals surface area (Å²) in [5.41, 5.74) is 6.68. The fourth-order valence-corrected chi connectivity index (χ4v) is 1.85. The van der Waals surface area contributed by atoms with Crippen molar-refractivity contribution in [2.24, 2.45) is 7.05 Å². The molecule has 0 bridgehead atoms. The van der Waals surface area contributed by atoms with Gasteiger partial charge in [-0.15, -0.1) is 5.10 Å². The van der Waals surface area contributed by atoms with Crippen LogP contribution < -0.4 is 11.3 Å². The van der Waals surface area contributed by atoms with Gasteiger partial charge in [0.2, 0.25) is 0 Å². The van der Waals surface area contributed by atoms with Crippen molar-refractivity contribution in [1.82, 2.24) is 29.8 Å². The quantitative estimate of drug-likeness (QED) is 0.666. The van der Waals surface area contributed by atoms with Crippen LogP contribution in [-0.2, 0) is 13.6 Å². The van der Waals surface area contributed by atoms with E-state index in [4.69, 9.17) is 5.73 Å². The van der Waals surface area contributed by atoms with E-state index in [1.165, 1.54) is 15.6 Å². The Bertz CT molecular complexity index is 804. The number of anilines is 1. The molecule has 0 aliphatic heterocycles.